The smallest absolute Gasteiger partial charge is 0.226 e. The summed E-state index contributed by atoms with van der Waals surface area (Å²) < 4.78 is 6.15. The minimum Gasteiger partial charge on any atom is -0.496 e. The van der Waals surface area contributed by atoms with Gasteiger partial charge in [0.05, 0.1) is 24.1 Å². The molecular formula is C46H67N5O2S. The Balaban J connectivity index is 1.46. The van der Waals surface area contributed by atoms with Crippen molar-refractivity contribution < 1.29 is 9.53 Å². The SMILES string of the molecule is CCCCCCCCC(CC)C1CC(c2cc3c(NC(C)c4cc(-c5ccccc5CNC)cs4)nc(C)nc3cc2OC)CCC1(CCC)C(=O)NC. The van der Waals surface area contributed by atoms with Crippen LogP contribution in [0.2, 0.25) is 0 Å². The van der Waals surface area contributed by atoms with Gasteiger partial charge in [-0.3, -0.25) is 4.79 Å². The Morgan fingerprint density at radius 1 is 1.02 bits per heavy atom. The molecule has 7 nitrogen and oxygen atoms in total. The first-order valence-electron chi connectivity index (χ1n) is 20.9. The third kappa shape index (κ3) is 9.47. The molecule has 54 heavy (non-hydrogen) atoms. The van der Waals surface area contributed by atoms with Gasteiger partial charge >= 0.3 is 0 Å². The molecule has 5 rings (SSSR count). The van der Waals surface area contributed by atoms with Crippen molar-refractivity contribution in [2.24, 2.45) is 17.3 Å². The van der Waals surface area contributed by atoms with Gasteiger partial charge in [0.15, 0.2) is 0 Å². The fraction of sp³-hybridized carbons (Fsp3) is 0.587. The van der Waals surface area contributed by atoms with Gasteiger partial charge in [0.1, 0.15) is 17.4 Å². The van der Waals surface area contributed by atoms with Crippen LogP contribution in [0.1, 0.15) is 145 Å². The molecule has 2 aromatic carbocycles. The minimum atomic E-state index is -0.331. The fourth-order valence-corrected chi connectivity index (χ4v) is 10.4. The third-order valence-corrected chi connectivity index (χ3v) is 13.4. The number of carbonyl (C=O) groups excluding carboxylic acids is 1. The molecule has 0 bridgehead atoms. The Morgan fingerprint density at radius 3 is 2.52 bits per heavy atom. The van der Waals surface area contributed by atoms with E-state index in [-0.39, 0.29) is 23.3 Å². The van der Waals surface area contributed by atoms with Crippen molar-refractivity contribution in [2.75, 3.05) is 26.5 Å². The van der Waals surface area contributed by atoms with Crippen LogP contribution in [0.15, 0.2) is 47.8 Å². The standard InChI is InChI=1S/C46H67N5O2S/c1-9-12-13-14-15-16-19-33(11-3)40-25-34(22-24-46(40,23-10-2)45(52)48-7)38-27-39-41(28-42(38)53-8)50-32(5)51-44(39)49-31(4)43-26-36(30-54-43)37-21-18-17-20-35(37)29-47-6/h17-18,20-21,26-28,30-31,33-34,40,47H,9-16,19,22-25,29H2,1-8H3,(H,48,52)(H,49,50,51). The second kappa shape index (κ2) is 19.9. The largest absolute Gasteiger partial charge is 0.496 e. The monoisotopic (exact) mass is 754 g/mol. The van der Waals surface area contributed by atoms with E-state index in [4.69, 9.17) is 14.7 Å². The summed E-state index contributed by atoms with van der Waals surface area (Å²) in [7, 11) is 5.61. The molecule has 5 atom stereocenters. The van der Waals surface area contributed by atoms with E-state index in [9.17, 15) is 4.79 Å². The number of aromatic nitrogens is 2. The molecule has 2 heterocycles. The number of methoxy groups -OCH3 is 1. The number of hydrogen-bond donors (Lipinski definition) is 3. The summed E-state index contributed by atoms with van der Waals surface area (Å²) in [5.41, 5.74) is 5.58. The quantitative estimate of drug-likeness (QED) is 0.0779. The number of rotatable bonds is 20. The van der Waals surface area contributed by atoms with Crippen molar-refractivity contribution in [1.82, 2.24) is 20.6 Å². The summed E-state index contributed by atoms with van der Waals surface area (Å²) in [6.07, 6.45) is 14.9. The Labute approximate surface area is 329 Å². The van der Waals surface area contributed by atoms with Crippen molar-refractivity contribution in [3.8, 4) is 16.9 Å². The second-order valence-electron chi connectivity index (χ2n) is 15.8. The zero-order valence-corrected chi connectivity index (χ0v) is 35.3. The lowest BCUT2D eigenvalue weighted by molar-refractivity contribution is -0.139. The Hall–Kier alpha value is -3.49. The van der Waals surface area contributed by atoms with Gasteiger partial charge in [0.2, 0.25) is 5.91 Å². The number of unbranched alkanes of at least 4 members (excludes halogenated alkanes) is 5. The van der Waals surface area contributed by atoms with Crippen LogP contribution in [0.5, 0.6) is 5.75 Å². The topological polar surface area (TPSA) is 88.2 Å². The number of benzene rings is 2. The molecule has 0 radical (unpaired) electrons. The van der Waals surface area contributed by atoms with E-state index in [1.165, 1.54) is 72.1 Å². The number of carbonyl (C=O) groups is 1. The predicted octanol–water partition coefficient (Wildman–Crippen LogP) is 11.8. The first kappa shape index (κ1) is 41.7. The maximum atomic E-state index is 14.0. The molecule has 294 valence electrons. The van der Waals surface area contributed by atoms with Crippen LogP contribution in [-0.2, 0) is 11.3 Å². The number of aryl methyl sites for hydroxylation is 1. The number of hydrogen-bond acceptors (Lipinski definition) is 7. The summed E-state index contributed by atoms with van der Waals surface area (Å²) in [6.45, 7) is 11.9. The lowest BCUT2D eigenvalue weighted by atomic mass is 9.55. The summed E-state index contributed by atoms with van der Waals surface area (Å²) in [5, 5.41) is 13.5. The van der Waals surface area contributed by atoms with Gasteiger partial charge in [-0.05, 0) is 104 Å². The number of amides is 1. The van der Waals surface area contributed by atoms with E-state index in [0.717, 1.165) is 73.4 Å². The van der Waals surface area contributed by atoms with E-state index in [1.807, 2.05) is 21.0 Å². The molecule has 0 aliphatic heterocycles. The van der Waals surface area contributed by atoms with E-state index < -0.39 is 0 Å². The van der Waals surface area contributed by atoms with Crippen molar-refractivity contribution in [1.29, 1.82) is 0 Å². The molecule has 2 aromatic heterocycles. The molecular weight excluding hydrogens is 687 g/mol. The highest BCUT2D eigenvalue weighted by atomic mass is 32.1. The molecule has 0 spiro atoms. The Kier molecular flexibility index (Phi) is 15.4. The van der Waals surface area contributed by atoms with Crippen molar-refractivity contribution in [3.63, 3.8) is 0 Å². The summed E-state index contributed by atoms with van der Waals surface area (Å²) >= 11 is 1.78. The summed E-state index contributed by atoms with van der Waals surface area (Å²) in [4.78, 5) is 25.1. The number of nitrogens with one attached hydrogen (secondary N) is 3. The minimum absolute atomic E-state index is 0.0526. The Morgan fingerprint density at radius 2 is 1.80 bits per heavy atom. The highest BCUT2D eigenvalue weighted by molar-refractivity contribution is 7.10. The maximum absolute atomic E-state index is 14.0. The van der Waals surface area contributed by atoms with Gasteiger partial charge in [-0.15, -0.1) is 11.3 Å². The van der Waals surface area contributed by atoms with Gasteiger partial charge in [-0.2, -0.15) is 0 Å². The van der Waals surface area contributed by atoms with E-state index in [2.05, 4.69) is 91.5 Å². The van der Waals surface area contributed by atoms with Crippen LogP contribution in [-0.4, -0.2) is 37.1 Å². The molecule has 1 aliphatic rings. The van der Waals surface area contributed by atoms with E-state index in [0.29, 0.717) is 11.8 Å². The highest BCUT2D eigenvalue weighted by Gasteiger charge is 2.50. The van der Waals surface area contributed by atoms with Crippen LogP contribution in [0.4, 0.5) is 5.82 Å². The second-order valence-corrected chi connectivity index (χ2v) is 16.8. The first-order valence-corrected chi connectivity index (χ1v) is 21.8. The highest BCUT2D eigenvalue weighted by Crippen LogP contribution is 2.55. The van der Waals surface area contributed by atoms with Crippen molar-refractivity contribution >= 4 is 34.0 Å². The summed E-state index contributed by atoms with van der Waals surface area (Å²) in [5.74, 6) is 3.82. The fourth-order valence-electron chi connectivity index (χ4n) is 9.51. The van der Waals surface area contributed by atoms with Crippen LogP contribution in [0, 0.1) is 24.2 Å². The molecule has 1 aliphatic carbocycles. The van der Waals surface area contributed by atoms with Crippen LogP contribution < -0.4 is 20.7 Å². The third-order valence-electron chi connectivity index (χ3n) is 12.3. The normalized spacial score (nSPS) is 19.8. The van der Waals surface area contributed by atoms with Crippen LogP contribution in [0.25, 0.3) is 22.0 Å². The zero-order valence-electron chi connectivity index (χ0n) is 34.4. The molecule has 1 saturated carbocycles. The van der Waals surface area contributed by atoms with Gasteiger partial charge < -0.3 is 20.7 Å². The number of nitrogens with zero attached hydrogens (tertiary/aromatic N) is 2. The molecule has 5 unspecified atom stereocenters. The molecule has 4 aromatic rings. The Bertz CT molecular complexity index is 1810. The lowest BCUT2D eigenvalue weighted by Crippen LogP contribution is -2.50. The number of ether oxygens (including phenoxy) is 1. The maximum Gasteiger partial charge on any atom is 0.226 e. The average Bonchev–Trinajstić information content (AvgIpc) is 3.68. The van der Waals surface area contributed by atoms with Crippen LogP contribution in [0.3, 0.4) is 0 Å². The zero-order chi connectivity index (χ0) is 38.7. The van der Waals surface area contributed by atoms with Gasteiger partial charge in [0.25, 0.3) is 0 Å². The van der Waals surface area contributed by atoms with Crippen LogP contribution >= 0.6 is 11.3 Å². The molecule has 8 heteroatoms. The molecule has 0 saturated heterocycles. The predicted molar refractivity (Wildman–Crippen MR) is 229 cm³/mol. The van der Waals surface area contributed by atoms with E-state index >= 15 is 0 Å². The van der Waals surface area contributed by atoms with Gasteiger partial charge in [-0.25, -0.2) is 9.97 Å². The van der Waals surface area contributed by atoms with Gasteiger partial charge in [-0.1, -0.05) is 103 Å². The summed E-state index contributed by atoms with van der Waals surface area (Å²) in [6, 6.07) is 15.4. The van der Waals surface area contributed by atoms with Crippen molar-refractivity contribution in [2.45, 2.75) is 137 Å². The van der Waals surface area contributed by atoms with Gasteiger partial charge in [0, 0.05) is 29.9 Å². The first-order chi connectivity index (χ1) is 26.2. The molecule has 1 fully saturated rings. The average molecular weight is 754 g/mol. The lowest BCUT2D eigenvalue weighted by Gasteiger charge is -2.49. The van der Waals surface area contributed by atoms with E-state index in [1.54, 1.807) is 18.4 Å². The molecule has 3 N–H and O–H groups in total. The number of anilines is 1. The number of thiophene rings is 1. The number of fused-ring (bicyclic) bond motifs is 1. The molecule has 1 amide bonds. The van der Waals surface area contributed by atoms with Crippen molar-refractivity contribution in [3.05, 3.63) is 69.7 Å².